The average molecular weight is 415 g/mol. The van der Waals surface area contributed by atoms with E-state index in [1.54, 1.807) is 0 Å². The second kappa shape index (κ2) is 4.78. The Balaban J connectivity index is 2.84. The quantitative estimate of drug-likeness (QED) is 0.576. The van der Waals surface area contributed by atoms with Crippen molar-refractivity contribution in [1.82, 2.24) is 0 Å². The fourth-order valence-corrected chi connectivity index (χ4v) is 3.16. The van der Waals surface area contributed by atoms with E-state index in [9.17, 15) is 0 Å². The van der Waals surface area contributed by atoms with Gasteiger partial charge in [0, 0.05) is 19.0 Å². The van der Waals surface area contributed by atoms with Gasteiger partial charge in [0.25, 0.3) is 0 Å². The van der Waals surface area contributed by atoms with E-state index in [4.69, 9.17) is 10.5 Å². The molecule has 0 aliphatic heterocycles. The molecule has 1 aliphatic rings. The molecule has 1 aliphatic carbocycles. The summed E-state index contributed by atoms with van der Waals surface area (Å²) in [4.78, 5) is 0. The Bertz CT molecular complexity index is 641. The summed E-state index contributed by atoms with van der Waals surface area (Å²) >= 11 is 10.3. The lowest BCUT2D eigenvalue weighted by atomic mass is 10.0. The first-order valence-electron chi connectivity index (χ1n) is 4.50. The summed E-state index contributed by atoms with van der Waals surface area (Å²) in [7, 11) is 0. The zero-order chi connectivity index (χ0) is 12.6. The molecule has 2 nitrogen and oxygen atoms in total. The zero-order valence-corrected chi connectivity index (χ0v) is 13.0. The molecule has 2 rings (SSSR count). The van der Waals surface area contributed by atoms with E-state index in [1.807, 2.05) is 30.3 Å². The Kier molecular flexibility index (Phi) is 3.53. The number of nitrogens with zero attached hydrogens (tertiary/aromatic N) is 2. The molecule has 0 heterocycles. The highest BCUT2D eigenvalue weighted by molar-refractivity contribution is 9.16. The largest absolute Gasteiger partial charge is 0.192 e. The molecule has 1 aromatic carbocycles. The molecule has 5 heteroatoms. The highest BCUT2D eigenvalue weighted by atomic mass is 79.9. The molecule has 0 aromatic heterocycles. The van der Waals surface area contributed by atoms with Crippen molar-refractivity contribution in [1.29, 1.82) is 10.5 Å². The number of halogens is 3. The summed E-state index contributed by atoms with van der Waals surface area (Å²) in [6.07, 6.45) is 0. The van der Waals surface area contributed by atoms with Crippen LogP contribution >= 0.6 is 47.8 Å². The summed E-state index contributed by atoms with van der Waals surface area (Å²) in [6.45, 7) is 0. The van der Waals surface area contributed by atoms with E-state index in [0.717, 1.165) is 24.6 Å². The van der Waals surface area contributed by atoms with Crippen molar-refractivity contribution < 1.29 is 0 Å². The van der Waals surface area contributed by atoms with Crippen LogP contribution in [-0.4, -0.2) is 0 Å². The van der Waals surface area contributed by atoms with Crippen LogP contribution in [-0.2, 0) is 0 Å². The summed E-state index contributed by atoms with van der Waals surface area (Å²) in [6, 6.07) is 9.56. The van der Waals surface area contributed by atoms with Crippen molar-refractivity contribution in [3.8, 4) is 12.1 Å². The van der Waals surface area contributed by atoms with Crippen molar-refractivity contribution in [2.45, 2.75) is 0 Å². The normalized spacial score (nSPS) is 13.1. The summed E-state index contributed by atoms with van der Waals surface area (Å²) in [5.74, 6) is 0. The number of hydrogen-bond donors (Lipinski definition) is 0. The monoisotopic (exact) mass is 412 g/mol. The van der Waals surface area contributed by atoms with Crippen LogP contribution in [0.5, 0.6) is 0 Å². The number of nitriles is 2. The van der Waals surface area contributed by atoms with E-state index in [0.29, 0.717) is 5.57 Å². The van der Waals surface area contributed by atoms with Gasteiger partial charge in [0.1, 0.15) is 17.7 Å². The van der Waals surface area contributed by atoms with Gasteiger partial charge in [-0.3, -0.25) is 0 Å². The third-order valence-electron chi connectivity index (χ3n) is 2.37. The number of benzene rings is 1. The molecule has 82 valence electrons. The lowest BCUT2D eigenvalue weighted by Crippen LogP contribution is -1.86. The summed E-state index contributed by atoms with van der Waals surface area (Å²) in [5, 5.41) is 17.9. The maximum absolute atomic E-state index is 8.97. The molecule has 0 N–H and O–H groups in total. The van der Waals surface area contributed by atoms with Gasteiger partial charge < -0.3 is 0 Å². The van der Waals surface area contributed by atoms with Gasteiger partial charge in [-0.25, -0.2) is 0 Å². The number of rotatable bonds is 0. The molecule has 0 fully saturated rings. The topological polar surface area (TPSA) is 47.6 Å². The van der Waals surface area contributed by atoms with Crippen molar-refractivity contribution >= 4 is 57.8 Å². The molecular weight excluding hydrogens is 412 g/mol. The fraction of sp³-hybridized carbons (Fsp3) is 0. The van der Waals surface area contributed by atoms with E-state index < -0.39 is 0 Å². The van der Waals surface area contributed by atoms with Gasteiger partial charge in [0.2, 0.25) is 0 Å². The first kappa shape index (κ1) is 12.6. The first-order valence-corrected chi connectivity index (χ1v) is 6.88. The molecule has 0 unspecified atom stereocenters. The van der Waals surface area contributed by atoms with Crippen LogP contribution in [0.25, 0.3) is 10.1 Å². The average Bonchev–Trinajstić information content (AvgIpc) is 2.56. The lowest BCUT2D eigenvalue weighted by Gasteiger charge is -2.02. The number of hydrogen-bond acceptors (Lipinski definition) is 2. The van der Waals surface area contributed by atoms with Crippen molar-refractivity contribution in [2.24, 2.45) is 0 Å². The van der Waals surface area contributed by atoms with E-state index in [2.05, 4.69) is 47.8 Å². The van der Waals surface area contributed by atoms with Crippen molar-refractivity contribution in [3.63, 3.8) is 0 Å². The maximum Gasteiger partial charge on any atom is 0.138 e. The summed E-state index contributed by atoms with van der Waals surface area (Å²) < 4.78 is 2.54. The minimum absolute atomic E-state index is 0.106. The minimum Gasteiger partial charge on any atom is -0.192 e. The van der Waals surface area contributed by atoms with Gasteiger partial charge in [-0.2, -0.15) is 10.5 Å². The molecule has 0 atom stereocenters. The van der Waals surface area contributed by atoms with Crippen LogP contribution in [0.3, 0.4) is 0 Å². The minimum atomic E-state index is 0.106. The van der Waals surface area contributed by atoms with Gasteiger partial charge in [0.05, 0.1) is 0 Å². The van der Waals surface area contributed by atoms with Crippen molar-refractivity contribution in [3.05, 3.63) is 43.9 Å². The standard InChI is InChI=1S/C12H3Br3N2/c13-7-1-2-8-9(3-7)11(14)12(15)10(8)6(4-16)5-17/h1-3H. The maximum atomic E-state index is 8.97. The predicted octanol–water partition coefficient (Wildman–Crippen LogP) is 4.72. The van der Waals surface area contributed by atoms with Crippen LogP contribution in [0.4, 0.5) is 0 Å². The van der Waals surface area contributed by atoms with Crippen LogP contribution in [0.1, 0.15) is 11.1 Å². The second-order valence-electron chi connectivity index (χ2n) is 3.29. The number of allylic oxidation sites excluding steroid dienone is 3. The molecule has 0 spiro atoms. The molecule has 1 aromatic rings. The molecule has 0 bridgehead atoms. The van der Waals surface area contributed by atoms with Gasteiger partial charge in [-0.1, -0.05) is 22.0 Å². The van der Waals surface area contributed by atoms with E-state index in [1.165, 1.54) is 0 Å². The van der Waals surface area contributed by atoms with Gasteiger partial charge in [-0.05, 0) is 55.1 Å². The van der Waals surface area contributed by atoms with Crippen LogP contribution in [0, 0.1) is 22.7 Å². The Morgan fingerprint density at radius 3 is 2.18 bits per heavy atom. The molecule has 0 amide bonds. The Morgan fingerprint density at radius 2 is 1.59 bits per heavy atom. The predicted molar refractivity (Wildman–Crippen MR) is 77.1 cm³/mol. The Labute approximate surface area is 124 Å². The Morgan fingerprint density at radius 1 is 0.941 bits per heavy atom. The highest BCUT2D eigenvalue weighted by Crippen LogP contribution is 2.48. The number of fused-ring (bicyclic) bond motifs is 1. The lowest BCUT2D eigenvalue weighted by molar-refractivity contribution is 1.46. The SMILES string of the molecule is N#CC(C#N)=C1C(Br)=C(Br)c2cc(Br)ccc21. The smallest absolute Gasteiger partial charge is 0.138 e. The zero-order valence-electron chi connectivity index (χ0n) is 8.26. The van der Waals surface area contributed by atoms with Gasteiger partial charge in [-0.15, -0.1) is 0 Å². The molecule has 17 heavy (non-hydrogen) atoms. The summed E-state index contributed by atoms with van der Waals surface area (Å²) in [5.41, 5.74) is 2.59. The molecule has 0 saturated carbocycles. The van der Waals surface area contributed by atoms with Crippen LogP contribution in [0.2, 0.25) is 0 Å². The first-order chi connectivity index (χ1) is 8.10. The molecular formula is C12H3Br3N2. The van der Waals surface area contributed by atoms with E-state index >= 15 is 0 Å². The van der Waals surface area contributed by atoms with Crippen LogP contribution in [0.15, 0.2) is 32.7 Å². The van der Waals surface area contributed by atoms with Gasteiger partial charge in [0.15, 0.2) is 0 Å². The van der Waals surface area contributed by atoms with Gasteiger partial charge >= 0.3 is 0 Å². The van der Waals surface area contributed by atoms with Crippen LogP contribution < -0.4 is 0 Å². The fourth-order valence-electron chi connectivity index (χ4n) is 1.64. The van der Waals surface area contributed by atoms with E-state index in [-0.39, 0.29) is 5.57 Å². The highest BCUT2D eigenvalue weighted by Gasteiger charge is 2.26. The Hall–Kier alpha value is -0.880. The van der Waals surface area contributed by atoms with Crippen molar-refractivity contribution in [2.75, 3.05) is 0 Å². The second-order valence-corrected chi connectivity index (χ2v) is 5.79. The molecule has 0 saturated heterocycles. The third kappa shape index (κ3) is 1.99. The molecule has 0 radical (unpaired) electrons. The third-order valence-corrected chi connectivity index (χ3v) is 5.02.